The maximum Gasteiger partial charge on any atom is 0.136 e. The minimum absolute atomic E-state index is 0.337. The quantitative estimate of drug-likeness (QED) is 0.571. The van der Waals surface area contributed by atoms with Crippen molar-refractivity contribution < 1.29 is 4.79 Å². The summed E-state index contributed by atoms with van der Waals surface area (Å²) in [5, 5.41) is 0. The first-order valence-corrected chi connectivity index (χ1v) is 6.18. The lowest BCUT2D eigenvalue weighted by molar-refractivity contribution is -0.124. The average molecular weight is 198 g/mol. The van der Waals surface area contributed by atoms with Crippen molar-refractivity contribution >= 4 is 5.78 Å². The zero-order valence-corrected chi connectivity index (χ0v) is 10.3. The van der Waals surface area contributed by atoms with E-state index >= 15 is 0 Å². The van der Waals surface area contributed by atoms with Crippen LogP contribution in [0.4, 0.5) is 0 Å². The maximum atomic E-state index is 11.8. The molecule has 0 aromatic heterocycles. The van der Waals surface area contributed by atoms with Crippen molar-refractivity contribution in [3.63, 3.8) is 0 Å². The second kappa shape index (κ2) is 8.02. The fraction of sp³-hybridized carbons (Fsp3) is 0.923. The summed E-state index contributed by atoms with van der Waals surface area (Å²) in [6, 6.07) is 0. The highest BCUT2D eigenvalue weighted by atomic mass is 16.1. The van der Waals surface area contributed by atoms with Gasteiger partial charge in [0, 0.05) is 12.3 Å². The Bertz CT molecular complexity index is 151. The van der Waals surface area contributed by atoms with Gasteiger partial charge in [-0.3, -0.25) is 4.79 Å². The highest BCUT2D eigenvalue weighted by Gasteiger charge is 2.17. The number of hydrogen-bond donors (Lipinski definition) is 0. The van der Waals surface area contributed by atoms with Crippen molar-refractivity contribution in [1.82, 2.24) is 0 Å². The monoisotopic (exact) mass is 198 g/mol. The Morgan fingerprint density at radius 3 is 2.21 bits per heavy atom. The zero-order valence-electron chi connectivity index (χ0n) is 10.3. The molecule has 0 saturated carbocycles. The molecule has 0 rings (SSSR count). The van der Waals surface area contributed by atoms with E-state index in [2.05, 4.69) is 27.7 Å². The molecule has 0 amide bonds. The number of hydrogen-bond acceptors (Lipinski definition) is 1. The van der Waals surface area contributed by atoms with Crippen LogP contribution in [0.3, 0.4) is 0 Å². The largest absolute Gasteiger partial charge is 0.299 e. The number of carbonyl (C=O) groups excluding carboxylic acids is 1. The second-order valence-corrected chi connectivity index (χ2v) is 4.43. The van der Waals surface area contributed by atoms with Crippen molar-refractivity contribution in [1.29, 1.82) is 0 Å². The molecule has 1 heteroatoms. The minimum atomic E-state index is 0.337. The summed E-state index contributed by atoms with van der Waals surface area (Å²) in [5.74, 6) is 1.40. The van der Waals surface area contributed by atoms with Gasteiger partial charge in [-0.2, -0.15) is 0 Å². The van der Waals surface area contributed by atoms with E-state index in [0.717, 1.165) is 25.7 Å². The van der Waals surface area contributed by atoms with Crippen LogP contribution >= 0.6 is 0 Å². The molecule has 0 aliphatic rings. The molecule has 0 N–H and O–H groups in total. The van der Waals surface area contributed by atoms with E-state index in [0.29, 0.717) is 17.6 Å². The fourth-order valence-electron chi connectivity index (χ4n) is 1.70. The van der Waals surface area contributed by atoms with Gasteiger partial charge in [0.2, 0.25) is 0 Å². The summed E-state index contributed by atoms with van der Waals surface area (Å²) in [5.41, 5.74) is 0. The second-order valence-electron chi connectivity index (χ2n) is 4.43. The third kappa shape index (κ3) is 5.41. The van der Waals surface area contributed by atoms with E-state index < -0.39 is 0 Å². The Morgan fingerprint density at radius 2 is 1.79 bits per heavy atom. The van der Waals surface area contributed by atoms with Gasteiger partial charge in [-0.15, -0.1) is 0 Å². The van der Waals surface area contributed by atoms with E-state index in [4.69, 9.17) is 0 Å². The maximum absolute atomic E-state index is 11.8. The molecular weight excluding hydrogens is 172 g/mol. The standard InChI is InChI=1S/C13H26O/c1-5-8-9-12(7-3)13(14)10-11(4)6-2/h11-12H,5-10H2,1-4H3. The molecule has 0 heterocycles. The van der Waals surface area contributed by atoms with Crippen LogP contribution in [-0.2, 0) is 4.79 Å². The highest BCUT2D eigenvalue weighted by molar-refractivity contribution is 5.81. The van der Waals surface area contributed by atoms with Gasteiger partial charge >= 0.3 is 0 Å². The summed E-state index contributed by atoms with van der Waals surface area (Å²) in [6.45, 7) is 8.65. The molecule has 84 valence electrons. The molecule has 1 nitrogen and oxygen atoms in total. The molecule has 0 aromatic carbocycles. The number of rotatable bonds is 8. The molecular formula is C13H26O. The number of unbranched alkanes of at least 4 members (excludes halogenated alkanes) is 1. The summed E-state index contributed by atoms with van der Waals surface area (Å²) in [6.07, 6.45) is 6.43. The van der Waals surface area contributed by atoms with Crippen LogP contribution in [-0.4, -0.2) is 5.78 Å². The van der Waals surface area contributed by atoms with E-state index in [9.17, 15) is 4.79 Å². The van der Waals surface area contributed by atoms with Gasteiger partial charge in [0.25, 0.3) is 0 Å². The van der Waals surface area contributed by atoms with Crippen LogP contribution in [0.2, 0.25) is 0 Å². The topological polar surface area (TPSA) is 17.1 Å². The van der Waals surface area contributed by atoms with E-state index in [-0.39, 0.29) is 0 Å². The summed E-state index contributed by atoms with van der Waals surface area (Å²) >= 11 is 0. The van der Waals surface area contributed by atoms with Gasteiger partial charge in [0.05, 0.1) is 0 Å². The van der Waals surface area contributed by atoms with Crippen LogP contribution in [0.25, 0.3) is 0 Å². The van der Waals surface area contributed by atoms with Gasteiger partial charge < -0.3 is 0 Å². The molecule has 0 bridgehead atoms. The lowest BCUT2D eigenvalue weighted by Gasteiger charge is -2.15. The normalized spacial score (nSPS) is 15.1. The molecule has 0 aliphatic heterocycles. The van der Waals surface area contributed by atoms with Crippen LogP contribution in [0.5, 0.6) is 0 Å². The number of Topliss-reactive ketones (excluding diaryl/α,β-unsaturated/α-hetero) is 1. The Morgan fingerprint density at radius 1 is 1.14 bits per heavy atom. The third-order valence-corrected chi connectivity index (χ3v) is 3.10. The molecule has 0 saturated heterocycles. The number of ketones is 1. The lowest BCUT2D eigenvalue weighted by atomic mass is 9.89. The predicted octanol–water partition coefficient (Wildman–Crippen LogP) is 4.21. The van der Waals surface area contributed by atoms with Gasteiger partial charge in [-0.05, 0) is 18.8 Å². The Hall–Kier alpha value is -0.330. The summed E-state index contributed by atoms with van der Waals surface area (Å²) in [4.78, 5) is 11.8. The minimum Gasteiger partial charge on any atom is -0.299 e. The van der Waals surface area contributed by atoms with Crippen LogP contribution in [0, 0.1) is 11.8 Å². The van der Waals surface area contributed by atoms with Crippen molar-refractivity contribution in [2.45, 2.75) is 66.2 Å². The van der Waals surface area contributed by atoms with E-state index in [1.54, 1.807) is 0 Å². The third-order valence-electron chi connectivity index (χ3n) is 3.10. The van der Waals surface area contributed by atoms with E-state index in [1.165, 1.54) is 12.8 Å². The average Bonchev–Trinajstić information content (AvgIpc) is 2.18. The zero-order chi connectivity index (χ0) is 11.0. The first-order chi connectivity index (χ1) is 6.65. The molecule has 0 radical (unpaired) electrons. The Kier molecular flexibility index (Phi) is 7.83. The van der Waals surface area contributed by atoms with Crippen molar-refractivity contribution in [3.05, 3.63) is 0 Å². The fourth-order valence-corrected chi connectivity index (χ4v) is 1.70. The molecule has 0 aliphatic carbocycles. The first-order valence-electron chi connectivity index (χ1n) is 6.18. The summed E-state index contributed by atoms with van der Waals surface area (Å²) in [7, 11) is 0. The Balaban J connectivity index is 3.90. The predicted molar refractivity (Wildman–Crippen MR) is 62.4 cm³/mol. The van der Waals surface area contributed by atoms with Gasteiger partial charge in [-0.1, -0.05) is 47.0 Å². The molecule has 2 atom stereocenters. The molecule has 14 heavy (non-hydrogen) atoms. The number of carbonyl (C=O) groups is 1. The molecule has 0 fully saturated rings. The van der Waals surface area contributed by atoms with Gasteiger partial charge in [0.15, 0.2) is 0 Å². The lowest BCUT2D eigenvalue weighted by Crippen LogP contribution is -2.16. The van der Waals surface area contributed by atoms with Crippen molar-refractivity contribution in [2.24, 2.45) is 11.8 Å². The van der Waals surface area contributed by atoms with Crippen molar-refractivity contribution in [3.8, 4) is 0 Å². The SMILES string of the molecule is CCCCC(CC)C(=O)CC(C)CC. The van der Waals surface area contributed by atoms with Crippen LogP contribution in [0.15, 0.2) is 0 Å². The summed E-state index contributed by atoms with van der Waals surface area (Å²) < 4.78 is 0. The van der Waals surface area contributed by atoms with Gasteiger partial charge in [0.1, 0.15) is 5.78 Å². The van der Waals surface area contributed by atoms with E-state index in [1.807, 2.05) is 0 Å². The molecule has 0 spiro atoms. The first kappa shape index (κ1) is 13.7. The molecule has 0 aromatic rings. The van der Waals surface area contributed by atoms with Crippen LogP contribution < -0.4 is 0 Å². The highest BCUT2D eigenvalue weighted by Crippen LogP contribution is 2.19. The van der Waals surface area contributed by atoms with Crippen molar-refractivity contribution in [2.75, 3.05) is 0 Å². The van der Waals surface area contributed by atoms with Crippen LogP contribution in [0.1, 0.15) is 66.2 Å². The Labute approximate surface area is 89.3 Å². The van der Waals surface area contributed by atoms with Gasteiger partial charge in [-0.25, -0.2) is 0 Å². The molecule has 2 unspecified atom stereocenters. The smallest absolute Gasteiger partial charge is 0.136 e.